The van der Waals surface area contributed by atoms with Crippen LogP contribution >= 0.6 is 27.7 Å². The normalized spacial score (nSPS) is 12.3. The second kappa shape index (κ2) is 3.71. The van der Waals surface area contributed by atoms with Crippen LogP contribution in [-0.4, -0.2) is 15.5 Å². The molecule has 0 spiro atoms. The lowest BCUT2D eigenvalue weighted by atomic mass is 10.3. The average molecular weight is 297 g/mol. The number of aromatic nitrogens is 2. The molecule has 2 nitrogen and oxygen atoms in total. The molecule has 0 aliphatic rings. The van der Waals surface area contributed by atoms with Gasteiger partial charge in [-0.15, -0.1) is 0 Å². The van der Waals surface area contributed by atoms with Crippen LogP contribution in [0.4, 0.5) is 13.2 Å². The minimum absolute atomic E-state index is 0.123. The molecule has 0 bridgehead atoms. The van der Waals surface area contributed by atoms with Crippen LogP contribution in [0.25, 0.3) is 11.0 Å². The van der Waals surface area contributed by atoms with Crippen LogP contribution in [0.1, 0.15) is 0 Å². The third kappa shape index (κ3) is 2.28. The van der Waals surface area contributed by atoms with Crippen molar-refractivity contribution >= 4 is 38.7 Å². The standard InChI is InChI=1S/C8H4BrF3N2S/c9-4-1-2-5(15-8(10,11)12)7-6(4)13-3-14-7/h1-3H,(H,13,14). The van der Waals surface area contributed by atoms with Gasteiger partial charge >= 0.3 is 5.51 Å². The molecule has 0 aliphatic heterocycles. The summed E-state index contributed by atoms with van der Waals surface area (Å²) in [6.07, 6.45) is 1.37. The molecule has 1 aromatic carbocycles. The van der Waals surface area contributed by atoms with Crippen molar-refractivity contribution in [2.45, 2.75) is 10.4 Å². The number of rotatable bonds is 1. The predicted octanol–water partition coefficient (Wildman–Crippen LogP) is 3.94. The van der Waals surface area contributed by atoms with Crippen LogP contribution in [0.2, 0.25) is 0 Å². The van der Waals surface area contributed by atoms with Crippen molar-refractivity contribution in [1.29, 1.82) is 0 Å². The summed E-state index contributed by atoms with van der Waals surface area (Å²) < 4.78 is 37.3. The van der Waals surface area contributed by atoms with E-state index < -0.39 is 5.51 Å². The number of fused-ring (bicyclic) bond motifs is 1. The smallest absolute Gasteiger partial charge is 0.344 e. The van der Waals surface area contributed by atoms with E-state index in [0.29, 0.717) is 15.5 Å². The van der Waals surface area contributed by atoms with Gasteiger partial charge in [0.2, 0.25) is 0 Å². The third-order valence-electron chi connectivity index (χ3n) is 1.72. The largest absolute Gasteiger partial charge is 0.446 e. The van der Waals surface area contributed by atoms with Gasteiger partial charge in [-0.3, -0.25) is 0 Å². The van der Waals surface area contributed by atoms with Crippen molar-refractivity contribution in [2.24, 2.45) is 0 Å². The Kier molecular flexibility index (Phi) is 2.68. The number of alkyl halides is 3. The molecule has 0 fully saturated rings. The number of H-pyrrole nitrogens is 1. The van der Waals surface area contributed by atoms with Gasteiger partial charge in [0, 0.05) is 9.37 Å². The van der Waals surface area contributed by atoms with Crippen LogP contribution in [0.3, 0.4) is 0 Å². The lowest BCUT2D eigenvalue weighted by molar-refractivity contribution is -0.0327. The van der Waals surface area contributed by atoms with Crippen molar-refractivity contribution in [3.05, 3.63) is 22.9 Å². The van der Waals surface area contributed by atoms with E-state index in [1.165, 1.54) is 12.4 Å². The molecule has 2 rings (SSSR count). The summed E-state index contributed by atoms with van der Waals surface area (Å²) in [5.74, 6) is 0. The second-order valence-electron chi connectivity index (χ2n) is 2.72. The third-order valence-corrected chi connectivity index (χ3v) is 3.15. The number of aromatic amines is 1. The molecule has 1 aromatic heterocycles. The molecule has 2 aromatic rings. The van der Waals surface area contributed by atoms with E-state index in [9.17, 15) is 13.2 Å². The zero-order valence-electron chi connectivity index (χ0n) is 7.10. The summed E-state index contributed by atoms with van der Waals surface area (Å²) in [4.78, 5) is 6.74. The highest BCUT2D eigenvalue weighted by molar-refractivity contribution is 9.10. The second-order valence-corrected chi connectivity index (χ2v) is 4.68. The molecular weight excluding hydrogens is 293 g/mol. The van der Waals surface area contributed by atoms with E-state index in [2.05, 4.69) is 25.9 Å². The number of hydrogen-bond acceptors (Lipinski definition) is 2. The van der Waals surface area contributed by atoms with Crippen molar-refractivity contribution in [1.82, 2.24) is 9.97 Å². The van der Waals surface area contributed by atoms with E-state index in [1.54, 1.807) is 6.07 Å². The zero-order valence-corrected chi connectivity index (χ0v) is 9.50. The SMILES string of the molecule is FC(F)(F)Sc1ccc(Br)c2nc[nH]c12. The first-order chi connectivity index (χ1) is 6.97. The summed E-state index contributed by atoms with van der Waals surface area (Å²) in [7, 11) is 0. The van der Waals surface area contributed by atoms with E-state index in [4.69, 9.17) is 0 Å². The Balaban J connectivity index is 2.53. The van der Waals surface area contributed by atoms with Gasteiger partial charge in [-0.25, -0.2) is 4.98 Å². The quantitative estimate of drug-likeness (QED) is 0.808. The van der Waals surface area contributed by atoms with Crippen LogP contribution in [0.15, 0.2) is 27.8 Å². The van der Waals surface area contributed by atoms with Gasteiger partial charge in [-0.2, -0.15) is 13.2 Å². The predicted molar refractivity (Wildman–Crippen MR) is 55.7 cm³/mol. The van der Waals surface area contributed by atoms with Gasteiger partial charge in [0.15, 0.2) is 0 Å². The van der Waals surface area contributed by atoms with Crippen LogP contribution in [0.5, 0.6) is 0 Å². The van der Waals surface area contributed by atoms with E-state index in [-0.39, 0.29) is 16.7 Å². The Labute approximate surface area is 95.4 Å². The highest BCUT2D eigenvalue weighted by atomic mass is 79.9. The summed E-state index contributed by atoms with van der Waals surface area (Å²) in [5.41, 5.74) is -3.39. The molecule has 1 N–H and O–H groups in total. The molecule has 0 saturated heterocycles. The number of thioether (sulfide) groups is 1. The molecule has 15 heavy (non-hydrogen) atoms. The maximum absolute atomic E-state index is 12.2. The molecule has 0 saturated carbocycles. The molecule has 0 atom stereocenters. The fourth-order valence-corrected chi connectivity index (χ4v) is 2.26. The fraction of sp³-hybridized carbons (Fsp3) is 0.125. The summed E-state index contributed by atoms with van der Waals surface area (Å²) in [5, 5.41) is 0. The molecule has 1 heterocycles. The first kappa shape index (κ1) is 10.8. The minimum Gasteiger partial charge on any atom is -0.344 e. The molecule has 0 amide bonds. The summed E-state index contributed by atoms with van der Waals surface area (Å²) >= 11 is 3.07. The summed E-state index contributed by atoms with van der Waals surface area (Å²) in [6.45, 7) is 0. The van der Waals surface area contributed by atoms with E-state index in [1.807, 2.05) is 0 Å². The minimum atomic E-state index is -4.29. The van der Waals surface area contributed by atoms with Gasteiger partial charge < -0.3 is 4.98 Å². The Bertz CT molecular complexity index is 494. The van der Waals surface area contributed by atoms with E-state index in [0.717, 1.165) is 0 Å². The topological polar surface area (TPSA) is 28.7 Å². The van der Waals surface area contributed by atoms with Gasteiger partial charge in [0.05, 0.1) is 11.8 Å². The number of nitrogens with zero attached hydrogens (tertiary/aromatic N) is 1. The maximum Gasteiger partial charge on any atom is 0.446 e. The first-order valence-electron chi connectivity index (χ1n) is 3.85. The molecule has 80 valence electrons. The van der Waals surface area contributed by atoms with Crippen LogP contribution in [-0.2, 0) is 0 Å². The molecule has 0 radical (unpaired) electrons. The Hall–Kier alpha value is -0.690. The van der Waals surface area contributed by atoms with Gasteiger partial charge in [-0.05, 0) is 39.8 Å². The Morgan fingerprint density at radius 1 is 1.33 bits per heavy atom. The van der Waals surface area contributed by atoms with Crippen molar-refractivity contribution in [3.63, 3.8) is 0 Å². The Morgan fingerprint density at radius 3 is 2.73 bits per heavy atom. The number of benzene rings is 1. The highest BCUT2D eigenvalue weighted by Crippen LogP contribution is 2.40. The number of hydrogen-bond donors (Lipinski definition) is 1. The number of nitrogens with one attached hydrogen (secondary N) is 1. The van der Waals surface area contributed by atoms with Crippen LogP contribution < -0.4 is 0 Å². The molecule has 7 heteroatoms. The number of imidazole rings is 1. The molecule has 0 unspecified atom stereocenters. The monoisotopic (exact) mass is 296 g/mol. The molecular formula is C8H4BrF3N2S. The van der Waals surface area contributed by atoms with Crippen molar-refractivity contribution < 1.29 is 13.2 Å². The highest BCUT2D eigenvalue weighted by Gasteiger charge is 2.30. The van der Waals surface area contributed by atoms with Gasteiger partial charge in [-0.1, -0.05) is 0 Å². The number of halogens is 4. The lowest BCUT2D eigenvalue weighted by Gasteiger charge is -2.06. The maximum atomic E-state index is 12.2. The summed E-state index contributed by atoms with van der Waals surface area (Å²) in [6, 6.07) is 2.96. The van der Waals surface area contributed by atoms with Gasteiger partial charge in [0.25, 0.3) is 0 Å². The lowest BCUT2D eigenvalue weighted by Crippen LogP contribution is -1.99. The Morgan fingerprint density at radius 2 is 2.07 bits per heavy atom. The fourth-order valence-electron chi connectivity index (χ4n) is 1.18. The zero-order chi connectivity index (χ0) is 11.1. The van der Waals surface area contributed by atoms with Crippen molar-refractivity contribution in [3.8, 4) is 0 Å². The first-order valence-corrected chi connectivity index (χ1v) is 5.45. The van der Waals surface area contributed by atoms with Gasteiger partial charge in [0.1, 0.15) is 5.52 Å². The van der Waals surface area contributed by atoms with Crippen LogP contribution in [0, 0.1) is 0 Å². The molecule has 0 aliphatic carbocycles. The van der Waals surface area contributed by atoms with E-state index >= 15 is 0 Å². The van der Waals surface area contributed by atoms with Crippen molar-refractivity contribution in [2.75, 3.05) is 0 Å². The average Bonchev–Trinajstić information content (AvgIpc) is 2.57.